The van der Waals surface area contributed by atoms with E-state index in [4.69, 9.17) is 0 Å². The summed E-state index contributed by atoms with van der Waals surface area (Å²) in [5.41, 5.74) is 1.50. The SMILES string of the molecule is [CH2]CCC(C)C=CC=C(C)CCCC(C)C. The number of allylic oxidation sites excluding steroid dienone is 4. The maximum absolute atomic E-state index is 3.88. The van der Waals surface area contributed by atoms with E-state index in [2.05, 4.69) is 52.8 Å². The van der Waals surface area contributed by atoms with Gasteiger partial charge in [0.25, 0.3) is 0 Å². The average Bonchev–Trinajstić information content (AvgIpc) is 2.17. The van der Waals surface area contributed by atoms with Crippen molar-refractivity contribution in [2.45, 2.75) is 59.8 Å². The molecule has 1 atom stereocenters. The Morgan fingerprint density at radius 3 is 2.44 bits per heavy atom. The van der Waals surface area contributed by atoms with Gasteiger partial charge in [-0.1, -0.05) is 64.3 Å². The molecule has 0 rings (SSSR count). The Morgan fingerprint density at radius 1 is 1.19 bits per heavy atom. The van der Waals surface area contributed by atoms with Crippen LogP contribution in [0.4, 0.5) is 0 Å². The van der Waals surface area contributed by atoms with Crippen molar-refractivity contribution in [3.8, 4) is 0 Å². The summed E-state index contributed by atoms with van der Waals surface area (Å²) in [6.45, 7) is 12.9. The fourth-order valence-electron chi connectivity index (χ4n) is 1.70. The Kier molecular flexibility index (Phi) is 9.37. The molecule has 0 aliphatic rings. The summed E-state index contributed by atoms with van der Waals surface area (Å²) >= 11 is 0. The molecule has 0 N–H and O–H groups in total. The molecule has 0 saturated heterocycles. The predicted molar refractivity (Wildman–Crippen MR) is 75.3 cm³/mol. The highest BCUT2D eigenvalue weighted by atomic mass is 14.0. The molecule has 1 radical (unpaired) electrons. The first-order valence-corrected chi connectivity index (χ1v) is 6.69. The Morgan fingerprint density at radius 2 is 1.88 bits per heavy atom. The highest BCUT2D eigenvalue weighted by Gasteiger charge is 1.95. The molecule has 16 heavy (non-hydrogen) atoms. The molecular weight excluding hydrogens is 192 g/mol. The van der Waals surface area contributed by atoms with Gasteiger partial charge in [0.2, 0.25) is 0 Å². The summed E-state index contributed by atoms with van der Waals surface area (Å²) in [4.78, 5) is 0. The van der Waals surface area contributed by atoms with E-state index in [1.54, 1.807) is 0 Å². The fraction of sp³-hybridized carbons (Fsp3) is 0.688. The third kappa shape index (κ3) is 10.0. The standard InChI is InChI=1S/C16H29/c1-6-9-15(4)12-8-13-16(5)11-7-10-14(2)3/h8,12-15H,1,6-7,9-11H2,2-5H3. The van der Waals surface area contributed by atoms with Gasteiger partial charge in [0.1, 0.15) is 0 Å². The molecule has 0 aliphatic carbocycles. The normalized spacial score (nSPS) is 15.0. The molecule has 0 bridgehead atoms. The third-order valence-electron chi connectivity index (χ3n) is 2.83. The quantitative estimate of drug-likeness (QED) is 0.470. The third-order valence-corrected chi connectivity index (χ3v) is 2.83. The van der Waals surface area contributed by atoms with Gasteiger partial charge in [0.05, 0.1) is 0 Å². The van der Waals surface area contributed by atoms with E-state index in [0.29, 0.717) is 5.92 Å². The van der Waals surface area contributed by atoms with Gasteiger partial charge in [-0.05, 0) is 38.0 Å². The van der Waals surface area contributed by atoms with Crippen LogP contribution >= 0.6 is 0 Å². The molecule has 0 spiro atoms. The van der Waals surface area contributed by atoms with Crippen LogP contribution in [0.3, 0.4) is 0 Å². The lowest BCUT2D eigenvalue weighted by molar-refractivity contribution is 0.555. The summed E-state index contributed by atoms with van der Waals surface area (Å²) in [6, 6.07) is 0. The molecule has 0 heterocycles. The topological polar surface area (TPSA) is 0 Å². The van der Waals surface area contributed by atoms with Crippen molar-refractivity contribution in [1.29, 1.82) is 0 Å². The second-order valence-electron chi connectivity index (χ2n) is 5.30. The van der Waals surface area contributed by atoms with Gasteiger partial charge in [-0.25, -0.2) is 0 Å². The Bertz CT molecular complexity index is 208. The van der Waals surface area contributed by atoms with E-state index < -0.39 is 0 Å². The van der Waals surface area contributed by atoms with Crippen LogP contribution in [0.5, 0.6) is 0 Å². The minimum Gasteiger partial charge on any atom is -0.0817 e. The first-order valence-electron chi connectivity index (χ1n) is 6.69. The molecule has 1 unspecified atom stereocenters. The van der Waals surface area contributed by atoms with Crippen molar-refractivity contribution >= 4 is 0 Å². The van der Waals surface area contributed by atoms with Crippen LogP contribution in [0.2, 0.25) is 0 Å². The van der Waals surface area contributed by atoms with Gasteiger partial charge < -0.3 is 0 Å². The van der Waals surface area contributed by atoms with Crippen LogP contribution in [-0.2, 0) is 0 Å². The van der Waals surface area contributed by atoms with Crippen molar-refractivity contribution in [2.24, 2.45) is 11.8 Å². The number of hydrogen-bond donors (Lipinski definition) is 0. The molecule has 0 fully saturated rings. The second kappa shape index (κ2) is 9.69. The molecule has 0 saturated carbocycles. The van der Waals surface area contributed by atoms with E-state index in [-0.39, 0.29) is 0 Å². The molecule has 0 aliphatic heterocycles. The van der Waals surface area contributed by atoms with E-state index in [0.717, 1.165) is 12.3 Å². The molecule has 0 aromatic rings. The van der Waals surface area contributed by atoms with Crippen LogP contribution in [0.1, 0.15) is 59.8 Å². The monoisotopic (exact) mass is 221 g/mol. The van der Waals surface area contributed by atoms with Gasteiger partial charge in [0.15, 0.2) is 0 Å². The highest BCUT2D eigenvalue weighted by molar-refractivity contribution is 5.11. The van der Waals surface area contributed by atoms with Gasteiger partial charge in [-0.15, -0.1) is 0 Å². The lowest BCUT2D eigenvalue weighted by Crippen LogP contribution is -1.88. The van der Waals surface area contributed by atoms with Gasteiger partial charge in [0, 0.05) is 0 Å². The minimum atomic E-state index is 0.664. The summed E-state index contributed by atoms with van der Waals surface area (Å²) in [6.07, 6.45) is 12.9. The Labute approximate surface area is 103 Å². The molecular formula is C16H29. The summed E-state index contributed by atoms with van der Waals surface area (Å²) in [5.74, 6) is 1.50. The smallest absolute Gasteiger partial charge is 0.0259 e. The van der Waals surface area contributed by atoms with Gasteiger partial charge >= 0.3 is 0 Å². The first-order chi connectivity index (χ1) is 7.56. The predicted octanol–water partition coefficient (Wildman–Crippen LogP) is 5.57. The zero-order valence-electron chi connectivity index (χ0n) is 11.6. The minimum absolute atomic E-state index is 0.664. The van der Waals surface area contributed by atoms with Crippen LogP contribution in [-0.4, -0.2) is 0 Å². The van der Waals surface area contributed by atoms with Crippen LogP contribution in [0, 0.1) is 18.8 Å². The molecule has 0 aromatic carbocycles. The molecule has 0 heteroatoms. The van der Waals surface area contributed by atoms with Crippen molar-refractivity contribution in [3.63, 3.8) is 0 Å². The zero-order chi connectivity index (χ0) is 12.4. The molecule has 0 nitrogen and oxygen atoms in total. The van der Waals surface area contributed by atoms with E-state index in [1.165, 1.54) is 31.3 Å². The maximum Gasteiger partial charge on any atom is -0.0259 e. The van der Waals surface area contributed by atoms with E-state index in [9.17, 15) is 0 Å². The zero-order valence-corrected chi connectivity index (χ0v) is 11.6. The molecule has 93 valence electrons. The lowest BCUT2D eigenvalue weighted by atomic mass is 10.0. The van der Waals surface area contributed by atoms with Crippen molar-refractivity contribution in [2.75, 3.05) is 0 Å². The Hall–Kier alpha value is -0.520. The number of hydrogen-bond acceptors (Lipinski definition) is 0. The molecule has 0 amide bonds. The average molecular weight is 221 g/mol. The highest BCUT2D eigenvalue weighted by Crippen LogP contribution is 2.12. The summed E-state index contributed by atoms with van der Waals surface area (Å²) in [5, 5.41) is 0. The fourth-order valence-corrected chi connectivity index (χ4v) is 1.70. The summed E-state index contributed by atoms with van der Waals surface area (Å²) in [7, 11) is 0. The molecule has 0 aromatic heterocycles. The van der Waals surface area contributed by atoms with Crippen LogP contribution < -0.4 is 0 Å². The largest absolute Gasteiger partial charge is 0.0817 e. The van der Waals surface area contributed by atoms with Gasteiger partial charge in [-0.3, -0.25) is 0 Å². The van der Waals surface area contributed by atoms with Crippen molar-refractivity contribution in [3.05, 3.63) is 30.7 Å². The second-order valence-corrected chi connectivity index (χ2v) is 5.30. The summed E-state index contributed by atoms with van der Waals surface area (Å²) < 4.78 is 0. The maximum atomic E-state index is 3.88. The first kappa shape index (κ1) is 15.5. The number of rotatable bonds is 8. The van der Waals surface area contributed by atoms with Crippen molar-refractivity contribution in [1.82, 2.24) is 0 Å². The van der Waals surface area contributed by atoms with Crippen LogP contribution in [0.15, 0.2) is 23.8 Å². The van der Waals surface area contributed by atoms with Gasteiger partial charge in [-0.2, -0.15) is 0 Å². The van der Waals surface area contributed by atoms with Crippen molar-refractivity contribution < 1.29 is 0 Å². The van der Waals surface area contributed by atoms with Crippen LogP contribution in [0.25, 0.3) is 0 Å². The Balaban J connectivity index is 3.76. The van der Waals surface area contributed by atoms with E-state index >= 15 is 0 Å². The van der Waals surface area contributed by atoms with E-state index in [1.807, 2.05) is 0 Å². The lowest BCUT2D eigenvalue weighted by Gasteiger charge is -2.04.